The first-order valence-corrected chi connectivity index (χ1v) is 15.3. The smallest absolute Gasteiger partial charge is 0.336 e. The van der Waals surface area contributed by atoms with Gasteiger partial charge in [-0.2, -0.15) is 18.2 Å². The maximum Gasteiger partial charge on any atom is 0.416 e. The lowest BCUT2D eigenvalue weighted by Crippen LogP contribution is -2.40. The number of hydrogen-bond acceptors (Lipinski definition) is 5. The molecule has 1 aromatic heterocycles. The molecule has 0 fully saturated rings. The molecule has 6 nitrogen and oxygen atoms in total. The first-order chi connectivity index (χ1) is 30.4. The van der Waals surface area contributed by atoms with E-state index in [1.54, 1.807) is 0 Å². The summed E-state index contributed by atoms with van der Waals surface area (Å²) in [7, 11) is 0. The Morgan fingerprint density at radius 1 is 1.00 bits per heavy atom. The van der Waals surface area contributed by atoms with Gasteiger partial charge in [-0.15, -0.1) is 0 Å². The monoisotopic (exact) mass is 699 g/mol. The molecule has 254 valence electrons. The topological polar surface area (TPSA) is 58.4 Å². The number of carbonyl (C=O) groups excluding carboxylic acids is 1. The number of hydrogen-bond donors (Lipinski definition) is 0. The second-order valence-electron chi connectivity index (χ2n) is 10.2. The van der Waals surface area contributed by atoms with Crippen molar-refractivity contribution in [2.45, 2.75) is 70.1 Å². The maximum atomic E-state index is 15.1. The quantitative estimate of drug-likeness (QED) is 0.0821. The van der Waals surface area contributed by atoms with E-state index in [-0.39, 0.29) is 35.4 Å². The van der Waals surface area contributed by atoms with Crippen LogP contribution in [0, 0.1) is 12.7 Å². The minimum atomic E-state index is -5.38. The molecule has 0 spiro atoms. The van der Waals surface area contributed by atoms with E-state index < -0.39 is 173 Å². The maximum absolute atomic E-state index is 15.1. The fourth-order valence-electron chi connectivity index (χ4n) is 4.62. The van der Waals surface area contributed by atoms with Crippen LogP contribution in [-0.4, -0.2) is 51.3 Å². The molecule has 0 bridgehead atoms. The zero-order valence-corrected chi connectivity index (χ0v) is 26.6. The normalized spacial score (nSPS) is 19.7. The summed E-state index contributed by atoms with van der Waals surface area (Å²) in [5.41, 5.74) is -7.04. The molecule has 0 saturated heterocycles. The molecule has 0 atom stereocenters. The molecule has 1 aliphatic rings. The summed E-state index contributed by atoms with van der Waals surface area (Å²) in [5.74, 6) is -3.93. The zero-order valence-electron chi connectivity index (χ0n) is 44.8. The third kappa shape index (κ3) is 8.54. The molecular weight excluding hydrogens is 640 g/mol. The van der Waals surface area contributed by atoms with Gasteiger partial charge in [-0.1, -0.05) is 67.9 Å². The lowest BCUT2D eigenvalue weighted by Gasteiger charge is -2.28. The summed E-state index contributed by atoms with van der Waals surface area (Å²) in [5, 5.41) is -0.609. The second kappa shape index (κ2) is 15.5. The van der Waals surface area contributed by atoms with E-state index in [9.17, 15) is 27.8 Å². The van der Waals surface area contributed by atoms with Crippen molar-refractivity contribution in [2.24, 2.45) is 0 Å². The predicted octanol–water partition coefficient (Wildman–Crippen LogP) is 7.53. The molecule has 1 amide bonds. The molecule has 48 heavy (non-hydrogen) atoms. The first-order valence-electron chi connectivity index (χ1n) is 23.9. The second-order valence-corrected chi connectivity index (χ2v) is 11.1. The van der Waals surface area contributed by atoms with Gasteiger partial charge in [-0.25, -0.2) is 4.39 Å². The minimum absolute atomic E-state index is 0.0396. The lowest BCUT2D eigenvalue weighted by molar-refractivity contribution is -0.137. The number of fused-ring (bicyclic) bond motifs is 1. The van der Waals surface area contributed by atoms with Crippen LogP contribution in [0.1, 0.15) is 79.8 Å². The van der Waals surface area contributed by atoms with Crippen LogP contribution in [0.5, 0.6) is 0 Å². The van der Waals surface area contributed by atoms with Crippen molar-refractivity contribution in [3.05, 3.63) is 116 Å². The van der Waals surface area contributed by atoms with Crippen molar-refractivity contribution in [3.8, 4) is 11.1 Å². The molecule has 0 N–H and O–H groups in total. The van der Waals surface area contributed by atoms with Crippen LogP contribution in [0.2, 0.25) is 0 Å². The number of carbonyl (C=O) groups is 1. The van der Waals surface area contributed by atoms with Gasteiger partial charge >= 0.3 is 6.18 Å². The van der Waals surface area contributed by atoms with Gasteiger partial charge in [0.1, 0.15) is 12.3 Å². The largest absolute Gasteiger partial charge is 0.416 e. The Balaban J connectivity index is 1.77. The van der Waals surface area contributed by atoms with Crippen LogP contribution < -0.4 is 5.56 Å². The van der Waals surface area contributed by atoms with Gasteiger partial charge in [-0.3, -0.25) is 9.59 Å². The van der Waals surface area contributed by atoms with E-state index in [1.807, 2.05) is 0 Å². The van der Waals surface area contributed by atoms with Gasteiger partial charge in [0.2, 0.25) is 5.91 Å². The molecule has 0 aliphatic heterocycles. The van der Waals surface area contributed by atoms with E-state index >= 15 is 4.79 Å². The molecule has 1 aliphatic carbocycles. The van der Waals surface area contributed by atoms with Gasteiger partial charge < -0.3 is 14.4 Å². The van der Waals surface area contributed by atoms with E-state index in [2.05, 4.69) is 4.98 Å². The highest BCUT2D eigenvalue weighted by Gasteiger charge is 2.30. The molecule has 3 aromatic carbocycles. The van der Waals surface area contributed by atoms with Crippen LogP contribution in [0.3, 0.4) is 0 Å². The van der Waals surface area contributed by atoms with Crippen LogP contribution in [0.4, 0.5) is 17.6 Å². The number of thioether (sulfide) groups is 1. The number of alkyl halides is 3. The Labute approximate surface area is 309 Å². The van der Waals surface area contributed by atoms with Crippen LogP contribution in [0.25, 0.3) is 11.1 Å². The molecule has 0 unspecified atom stereocenters. The van der Waals surface area contributed by atoms with E-state index in [1.165, 1.54) is 0 Å². The Bertz CT molecular complexity index is 2660. The third-order valence-corrected chi connectivity index (χ3v) is 8.01. The van der Waals surface area contributed by atoms with Gasteiger partial charge in [-0.05, 0) is 91.2 Å². The summed E-state index contributed by atoms with van der Waals surface area (Å²) < 4.78 is 219. The van der Waals surface area contributed by atoms with Gasteiger partial charge in [0, 0.05) is 42.1 Å². The van der Waals surface area contributed by atoms with Crippen molar-refractivity contribution < 1.29 is 48.4 Å². The Morgan fingerprint density at radius 3 is 2.35 bits per heavy atom. The third-order valence-electron chi connectivity index (χ3n) is 7.04. The summed E-state index contributed by atoms with van der Waals surface area (Å²) >= 11 is 0.443. The fraction of sp³-hybridized carbons (Fsp3) is 0.378. The van der Waals surface area contributed by atoms with E-state index in [4.69, 9.17) is 20.6 Å². The van der Waals surface area contributed by atoms with Gasteiger partial charge in [0.25, 0.3) is 5.56 Å². The van der Waals surface area contributed by atoms with Crippen molar-refractivity contribution in [3.63, 3.8) is 0 Å². The number of amides is 1. The van der Waals surface area contributed by atoms with E-state index in [0.29, 0.717) is 21.2 Å². The summed E-state index contributed by atoms with van der Waals surface area (Å²) in [6.45, 7) is -11.4. The van der Waals surface area contributed by atoms with Crippen LogP contribution >= 0.6 is 11.8 Å². The van der Waals surface area contributed by atoms with Crippen molar-refractivity contribution in [1.82, 2.24) is 19.4 Å². The first kappa shape index (κ1) is 18.2. The lowest BCUT2D eigenvalue weighted by atomic mass is 9.98. The summed E-state index contributed by atoms with van der Waals surface area (Å²) in [6, 6.07) is -13.1. The van der Waals surface area contributed by atoms with E-state index in [0.717, 1.165) is 20.8 Å². The average Bonchev–Trinajstić information content (AvgIpc) is 3.69. The molecule has 11 heteroatoms. The van der Waals surface area contributed by atoms with Gasteiger partial charge in [0.05, 0.1) is 26.1 Å². The van der Waals surface area contributed by atoms with Crippen LogP contribution in [-0.2, 0) is 42.6 Å². The molecule has 0 saturated carbocycles. The fourth-order valence-corrected chi connectivity index (χ4v) is 5.47. The molecule has 5 rings (SSSR count). The standard InChI is InChI=1S/C37H40F4N4O2S/c1-4-43(5-2)19-20-44(22-29-12-11-28(21-25(29)3)27-13-15-30(16-14-27)37(39,40)41)34(46)23-45-33-8-6-7-32(33)35(47)42-36(45)48-24-26-9-17-31(38)18-10-26/h9-18,21H,4-8,19-20,22-24H2,1-3H3/i4D2,5D2,9D,10D,11D,12D,13D,14D,15D,16D,17D,18D,21D,22D2,23D2. The number of aromatic nitrogens is 2. The highest BCUT2D eigenvalue weighted by molar-refractivity contribution is 7.98. The number of benzene rings is 3. The molecular formula is C37H40F4N4O2S. The van der Waals surface area contributed by atoms with Crippen molar-refractivity contribution in [1.29, 1.82) is 0 Å². The molecule has 0 radical (unpaired) electrons. The Morgan fingerprint density at radius 2 is 1.69 bits per heavy atom. The van der Waals surface area contributed by atoms with Crippen molar-refractivity contribution >= 4 is 17.7 Å². The summed E-state index contributed by atoms with van der Waals surface area (Å²) in [4.78, 5) is 33.0. The zero-order chi connectivity index (χ0) is 51.2. The SMILES string of the molecule is [2H]c1c([2H])c(CSc2nc(=O)c3c(n2C([2H])([2H])C(=O)N(CCN(C([2H])([2H])C)C([2H])([2H])C)C([2H])([2H])c2c([2H])c([2H])c(-c4c([2H])c([2H])c(C(F)(F)F)c([2H])c4[2H])c([2H])c2C)CCC3)c([2H])c([2H])c1F. The number of nitrogens with zero attached hydrogens (tertiary/aromatic N) is 4. The number of rotatable bonds is 13. The number of halogens is 4. The average molecular weight is 700 g/mol. The highest BCUT2D eigenvalue weighted by atomic mass is 32.2. The predicted molar refractivity (Wildman–Crippen MR) is 181 cm³/mol. The minimum Gasteiger partial charge on any atom is -0.336 e. The Kier molecular flexibility index (Phi) is 5.86. The van der Waals surface area contributed by atoms with Crippen molar-refractivity contribution in [2.75, 3.05) is 26.1 Å². The number of likely N-dealkylation sites (N-methyl/N-ethyl adjacent to an activating group) is 1. The molecule has 1 heterocycles. The highest BCUT2D eigenvalue weighted by Crippen LogP contribution is 2.32. The Hall–Kier alpha value is -3.96. The van der Waals surface area contributed by atoms with Gasteiger partial charge in [0.15, 0.2) is 5.16 Å². The molecule has 4 aromatic rings. The van der Waals surface area contributed by atoms with Crippen LogP contribution in [0.15, 0.2) is 76.4 Å². The summed E-state index contributed by atoms with van der Waals surface area (Å²) in [6.07, 6.45) is -5.18.